The lowest BCUT2D eigenvalue weighted by Crippen LogP contribution is -2.43. The molecule has 0 amide bonds. The van der Waals surface area contributed by atoms with Gasteiger partial charge in [0.2, 0.25) is 0 Å². The summed E-state index contributed by atoms with van der Waals surface area (Å²) in [6.07, 6.45) is 4.49. The van der Waals surface area contributed by atoms with E-state index in [2.05, 4.69) is 18.0 Å². The van der Waals surface area contributed by atoms with Crippen molar-refractivity contribution in [3.05, 3.63) is 42.0 Å². The number of nitrogens with zero attached hydrogens (tertiary/aromatic N) is 1. The first-order valence-electron chi connectivity index (χ1n) is 9.55. The SMILES string of the molecule is COc1ccc2cc(C(C)C(=O)OC3C[C@H]4CC[C@@H](C3)N4C)ccc2c1. The van der Waals surface area contributed by atoms with Gasteiger partial charge >= 0.3 is 5.97 Å². The molecule has 26 heavy (non-hydrogen) atoms. The van der Waals surface area contributed by atoms with Crippen LogP contribution in [0.1, 0.15) is 44.1 Å². The van der Waals surface area contributed by atoms with E-state index < -0.39 is 0 Å². The van der Waals surface area contributed by atoms with Crippen molar-refractivity contribution < 1.29 is 14.3 Å². The molecular formula is C22H27NO3. The molecule has 2 aliphatic heterocycles. The van der Waals surface area contributed by atoms with Gasteiger partial charge in [-0.05, 0) is 68.1 Å². The van der Waals surface area contributed by atoms with E-state index in [-0.39, 0.29) is 18.0 Å². The van der Waals surface area contributed by atoms with Crippen molar-refractivity contribution in [3.8, 4) is 5.75 Å². The Hall–Kier alpha value is -2.07. The average molecular weight is 353 g/mol. The summed E-state index contributed by atoms with van der Waals surface area (Å²) in [4.78, 5) is 15.2. The summed E-state index contributed by atoms with van der Waals surface area (Å²) in [5.41, 5.74) is 1.00. The van der Waals surface area contributed by atoms with E-state index in [1.54, 1.807) is 7.11 Å². The van der Waals surface area contributed by atoms with Gasteiger partial charge in [-0.3, -0.25) is 4.79 Å². The predicted octanol–water partition coefficient (Wildman–Crippen LogP) is 4.12. The van der Waals surface area contributed by atoms with Crippen molar-refractivity contribution in [2.45, 2.75) is 56.7 Å². The van der Waals surface area contributed by atoms with E-state index in [9.17, 15) is 4.79 Å². The maximum Gasteiger partial charge on any atom is 0.313 e. The fourth-order valence-electron chi connectivity index (χ4n) is 4.50. The van der Waals surface area contributed by atoms with Gasteiger partial charge in [0.25, 0.3) is 0 Å². The summed E-state index contributed by atoms with van der Waals surface area (Å²) in [7, 11) is 3.87. The minimum absolute atomic E-state index is 0.0726. The lowest BCUT2D eigenvalue weighted by molar-refractivity contribution is -0.153. The van der Waals surface area contributed by atoms with Crippen LogP contribution in [0.15, 0.2) is 36.4 Å². The fourth-order valence-corrected chi connectivity index (χ4v) is 4.50. The predicted molar refractivity (Wildman–Crippen MR) is 103 cm³/mol. The van der Waals surface area contributed by atoms with Gasteiger partial charge in [-0.1, -0.05) is 24.3 Å². The largest absolute Gasteiger partial charge is 0.497 e. The normalized spacial score (nSPS) is 26.7. The summed E-state index contributed by atoms with van der Waals surface area (Å²) in [5.74, 6) is 0.486. The summed E-state index contributed by atoms with van der Waals surface area (Å²) >= 11 is 0. The highest BCUT2D eigenvalue weighted by Gasteiger charge is 2.40. The number of ether oxygens (including phenoxy) is 2. The zero-order chi connectivity index (χ0) is 18.3. The maximum atomic E-state index is 12.7. The zero-order valence-electron chi connectivity index (χ0n) is 15.8. The van der Waals surface area contributed by atoms with E-state index in [4.69, 9.17) is 9.47 Å². The smallest absolute Gasteiger partial charge is 0.313 e. The number of esters is 1. The van der Waals surface area contributed by atoms with Crippen LogP contribution in [0.2, 0.25) is 0 Å². The maximum absolute atomic E-state index is 12.7. The molecule has 2 aliphatic rings. The molecule has 4 heteroatoms. The van der Waals surface area contributed by atoms with E-state index in [1.807, 2.05) is 37.3 Å². The molecule has 4 rings (SSSR count). The van der Waals surface area contributed by atoms with E-state index in [1.165, 1.54) is 12.8 Å². The van der Waals surface area contributed by atoms with Crippen molar-refractivity contribution >= 4 is 16.7 Å². The fraction of sp³-hybridized carbons (Fsp3) is 0.500. The zero-order valence-corrected chi connectivity index (χ0v) is 15.8. The van der Waals surface area contributed by atoms with E-state index in [0.29, 0.717) is 12.1 Å². The number of piperidine rings is 1. The molecule has 2 unspecified atom stereocenters. The van der Waals surface area contributed by atoms with Crippen LogP contribution < -0.4 is 4.74 Å². The van der Waals surface area contributed by atoms with Crippen LogP contribution in [0.4, 0.5) is 0 Å². The molecule has 0 N–H and O–H groups in total. The number of hydrogen-bond donors (Lipinski definition) is 0. The number of rotatable bonds is 4. The van der Waals surface area contributed by atoms with Gasteiger partial charge in [0.1, 0.15) is 11.9 Å². The Morgan fingerprint density at radius 2 is 1.73 bits per heavy atom. The minimum Gasteiger partial charge on any atom is -0.497 e. The molecule has 2 bridgehead atoms. The summed E-state index contributed by atoms with van der Waals surface area (Å²) < 4.78 is 11.2. The Kier molecular flexibility index (Phi) is 4.62. The summed E-state index contributed by atoms with van der Waals surface area (Å²) in [6, 6.07) is 13.3. The minimum atomic E-state index is -0.251. The van der Waals surface area contributed by atoms with Crippen LogP contribution in [-0.2, 0) is 9.53 Å². The first kappa shape index (κ1) is 17.3. The van der Waals surface area contributed by atoms with Crippen molar-refractivity contribution in [1.29, 1.82) is 0 Å². The molecule has 4 atom stereocenters. The third-order valence-electron chi connectivity index (χ3n) is 6.26. The lowest BCUT2D eigenvalue weighted by Gasteiger charge is -2.36. The number of hydrogen-bond acceptors (Lipinski definition) is 4. The standard InChI is InChI=1S/C22H27NO3/c1-14(15-4-5-17-11-20(25-3)9-6-16(17)10-15)22(24)26-21-12-18-7-8-19(13-21)23(18)2/h4-6,9-11,14,18-19,21H,7-8,12-13H2,1-3H3/t14?,18-,19+,21?. The molecule has 2 saturated heterocycles. The summed E-state index contributed by atoms with van der Waals surface area (Å²) in [6.45, 7) is 1.94. The first-order valence-corrected chi connectivity index (χ1v) is 9.55. The monoisotopic (exact) mass is 353 g/mol. The van der Waals surface area contributed by atoms with Gasteiger partial charge in [-0.2, -0.15) is 0 Å². The molecule has 2 aromatic rings. The highest BCUT2D eigenvalue weighted by atomic mass is 16.5. The van der Waals surface area contributed by atoms with Crippen molar-refractivity contribution in [2.24, 2.45) is 0 Å². The molecule has 0 radical (unpaired) electrons. The van der Waals surface area contributed by atoms with Crippen molar-refractivity contribution in [1.82, 2.24) is 4.90 Å². The van der Waals surface area contributed by atoms with E-state index >= 15 is 0 Å². The Morgan fingerprint density at radius 3 is 2.42 bits per heavy atom. The van der Waals surface area contributed by atoms with Crippen LogP contribution in [-0.4, -0.2) is 43.2 Å². The number of carbonyl (C=O) groups excluding carboxylic acids is 1. The molecule has 2 aromatic carbocycles. The highest BCUT2D eigenvalue weighted by molar-refractivity contribution is 5.86. The molecule has 0 saturated carbocycles. The second kappa shape index (κ2) is 6.92. The number of fused-ring (bicyclic) bond motifs is 3. The van der Waals surface area contributed by atoms with Gasteiger partial charge < -0.3 is 14.4 Å². The Bertz CT molecular complexity index is 804. The summed E-state index contributed by atoms with van der Waals surface area (Å²) in [5, 5.41) is 2.22. The second-order valence-corrected chi connectivity index (χ2v) is 7.77. The van der Waals surface area contributed by atoms with Crippen molar-refractivity contribution in [3.63, 3.8) is 0 Å². The molecule has 138 valence electrons. The molecule has 0 spiro atoms. The second-order valence-electron chi connectivity index (χ2n) is 7.77. The van der Waals surface area contributed by atoms with Crippen LogP contribution in [0.5, 0.6) is 5.75 Å². The Morgan fingerprint density at radius 1 is 1.08 bits per heavy atom. The lowest BCUT2D eigenvalue weighted by atomic mass is 9.97. The Labute approximate surface area is 155 Å². The first-order chi connectivity index (χ1) is 12.5. The molecule has 4 nitrogen and oxygen atoms in total. The van der Waals surface area contributed by atoms with E-state index in [0.717, 1.165) is 34.9 Å². The molecule has 2 fully saturated rings. The highest BCUT2D eigenvalue weighted by Crippen LogP contribution is 2.36. The van der Waals surface area contributed by atoms with Gasteiger partial charge in [0, 0.05) is 12.1 Å². The average Bonchev–Trinajstić information content (AvgIpc) is 2.87. The topological polar surface area (TPSA) is 38.8 Å². The van der Waals surface area contributed by atoms with Crippen LogP contribution in [0.25, 0.3) is 10.8 Å². The van der Waals surface area contributed by atoms with Gasteiger partial charge in [-0.25, -0.2) is 0 Å². The molecular weight excluding hydrogens is 326 g/mol. The number of methoxy groups -OCH3 is 1. The van der Waals surface area contributed by atoms with Gasteiger partial charge in [-0.15, -0.1) is 0 Å². The van der Waals surface area contributed by atoms with Gasteiger partial charge in [0.05, 0.1) is 13.0 Å². The van der Waals surface area contributed by atoms with Crippen LogP contribution in [0, 0.1) is 0 Å². The number of carbonyl (C=O) groups is 1. The number of benzene rings is 2. The quantitative estimate of drug-likeness (QED) is 0.775. The third kappa shape index (κ3) is 3.18. The molecule has 2 heterocycles. The third-order valence-corrected chi connectivity index (χ3v) is 6.26. The Balaban J connectivity index is 1.46. The van der Waals surface area contributed by atoms with Crippen molar-refractivity contribution in [2.75, 3.05) is 14.2 Å². The molecule has 0 aromatic heterocycles. The van der Waals surface area contributed by atoms with Crippen LogP contribution in [0.3, 0.4) is 0 Å². The van der Waals surface area contributed by atoms with Gasteiger partial charge in [0.15, 0.2) is 0 Å². The molecule has 0 aliphatic carbocycles. The van der Waals surface area contributed by atoms with Crippen LogP contribution >= 0.6 is 0 Å².